The maximum absolute atomic E-state index is 5.68. The summed E-state index contributed by atoms with van der Waals surface area (Å²) in [6.45, 7) is 1.33. The molecular formula is C12H12BrN3O2. The lowest BCUT2D eigenvalue weighted by Crippen LogP contribution is -1.97. The van der Waals surface area contributed by atoms with Gasteiger partial charge in [-0.15, -0.1) is 0 Å². The number of benzene rings is 1. The Morgan fingerprint density at radius 3 is 2.83 bits per heavy atom. The van der Waals surface area contributed by atoms with Gasteiger partial charge in [0, 0.05) is 18.1 Å². The minimum Gasteiger partial charge on any atom is -0.489 e. The molecule has 0 bridgehead atoms. The van der Waals surface area contributed by atoms with E-state index in [1.165, 1.54) is 0 Å². The highest BCUT2D eigenvalue weighted by molar-refractivity contribution is 9.10. The standard InChI is InChI=1S/C12H12BrN3O2/c13-8-4-7(9-6-11(14)16-15-9)5-10-12(8)18-3-1-2-17-10/h4-6H,1-3H2,(H3,14,15,16). The summed E-state index contributed by atoms with van der Waals surface area (Å²) in [5.74, 6) is 1.96. The van der Waals surface area contributed by atoms with Crippen LogP contribution in [0.5, 0.6) is 11.5 Å². The van der Waals surface area contributed by atoms with Crippen molar-refractivity contribution in [2.45, 2.75) is 6.42 Å². The molecule has 0 amide bonds. The number of nitrogens with two attached hydrogens (primary N) is 1. The van der Waals surface area contributed by atoms with Crippen LogP contribution in [0.25, 0.3) is 11.3 Å². The van der Waals surface area contributed by atoms with Gasteiger partial charge in [0.2, 0.25) is 0 Å². The topological polar surface area (TPSA) is 73.2 Å². The largest absolute Gasteiger partial charge is 0.489 e. The fraction of sp³-hybridized carbons (Fsp3) is 0.250. The zero-order valence-corrected chi connectivity index (χ0v) is 11.2. The van der Waals surface area contributed by atoms with Crippen LogP contribution in [-0.2, 0) is 0 Å². The van der Waals surface area contributed by atoms with Crippen molar-refractivity contribution in [3.63, 3.8) is 0 Å². The van der Waals surface area contributed by atoms with Crippen molar-refractivity contribution in [3.05, 3.63) is 22.7 Å². The molecular weight excluding hydrogens is 298 g/mol. The second-order valence-electron chi connectivity index (χ2n) is 4.04. The second kappa shape index (κ2) is 4.53. The number of nitrogens with one attached hydrogen (secondary N) is 1. The van der Waals surface area contributed by atoms with Crippen molar-refractivity contribution < 1.29 is 9.47 Å². The summed E-state index contributed by atoms with van der Waals surface area (Å²) < 4.78 is 12.2. The number of aromatic nitrogens is 2. The molecule has 0 aliphatic carbocycles. The SMILES string of the molecule is Nc1cc(-c2cc(Br)c3c(c2)OCCCO3)[nH]n1. The van der Waals surface area contributed by atoms with Gasteiger partial charge in [-0.2, -0.15) is 5.10 Å². The van der Waals surface area contributed by atoms with Crippen molar-refractivity contribution >= 4 is 21.7 Å². The zero-order valence-electron chi connectivity index (χ0n) is 9.57. The number of nitrogen functional groups attached to an aromatic ring is 1. The first-order chi connectivity index (χ1) is 8.74. The van der Waals surface area contributed by atoms with E-state index in [0.29, 0.717) is 19.0 Å². The number of hydrogen-bond donors (Lipinski definition) is 2. The number of nitrogens with zero attached hydrogens (tertiary/aromatic N) is 1. The third-order valence-electron chi connectivity index (χ3n) is 2.71. The smallest absolute Gasteiger partial charge is 0.175 e. The van der Waals surface area contributed by atoms with Gasteiger partial charge in [-0.05, 0) is 28.1 Å². The van der Waals surface area contributed by atoms with E-state index in [4.69, 9.17) is 15.2 Å². The third kappa shape index (κ3) is 2.03. The number of rotatable bonds is 1. The van der Waals surface area contributed by atoms with Crippen LogP contribution in [0.2, 0.25) is 0 Å². The molecule has 1 aliphatic rings. The van der Waals surface area contributed by atoms with Crippen LogP contribution in [0.4, 0.5) is 5.82 Å². The minimum absolute atomic E-state index is 0.466. The Labute approximate surface area is 112 Å². The summed E-state index contributed by atoms with van der Waals surface area (Å²) in [7, 11) is 0. The lowest BCUT2D eigenvalue weighted by molar-refractivity contribution is 0.296. The van der Waals surface area contributed by atoms with Crippen LogP contribution in [0, 0.1) is 0 Å². The number of H-pyrrole nitrogens is 1. The summed E-state index contributed by atoms with van der Waals surface area (Å²) in [5, 5.41) is 6.80. The van der Waals surface area contributed by atoms with Crippen LogP contribution in [0.3, 0.4) is 0 Å². The van der Waals surface area contributed by atoms with Crippen LogP contribution >= 0.6 is 15.9 Å². The van der Waals surface area contributed by atoms with Crippen molar-refractivity contribution in [3.8, 4) is 22.8 Å². The monoisotopic (exact) mass is 309 g/mol. The van der Waals surface area contributed by atoms with Crippen molar-refractivity contribution in [2.24, 2.45) is 0 Å². The highest BCUT2D eigenvalue weighted by Gasteiger charge is 2.16. The maximum atomic E-state index is 5.68. The first-order valence-electron chi connectivity index (χ1n) is 5.64. The van der Waals surface area contributed by atoms with Crippen LogP contribution in [-0.4, -0.2) is 23.4 Å². The molecule has 2 heterocycles. The number of halogens is 1. The van der Waals surface area contributed by atoms with Crippen molar-refractivity contribution in [2.75, 3.05) is 18.9 Å². The third-order valence-corrected chi connectivity index (χ3v) is 3.30. The molecule has 0 fully saturated rings. The Morgan fingerprint density at radius 1 is 1.22 bits per heavy atom. The number of fused-ring (bicyclic) bond motifs is 1. The van der Waals surface area contributed by atoms with Crippen molar-refractivity contribution in [1.82, 2.24) is 10.2 Å². The molecule has 1 aliphatic heterocycles. The highest BCUT2D eigenvalue weighted by Crippen LogP contribution is 2.40. The molecule has 18 heavy (non-hydrogen) atoms. The van der Waals surface area contributed by atoms with E-state index in [9.17, 15) is 0 Å². The van der Waals surface area contributed by atoms with E-state index < -0.39 is 0 Å². The Bertz CT molecular complexity index is 583. The van der Waals surface area contributed by atoms with E-state index in [1.807, 2.05) is 12.1 Å². The Morgan fingerprint density at radius 2 is 2.06 bits per heavy atom. The van der Waals surface area contributed by atoms with E-state index in [1.54, 1.807) is 6.07 Å². The van der Waals surface area contributed by atoms with Gasteiger partial charge in [0.25, 0.3) is 0 Å². The van der Waals surface area contributed by atoms with Gasteiger partial charge in [-0.1, -0.05) is 0 Å². The molecule has 0 radical (unpaired) electrons. The van der Waals surface area contributed by atoms with E-state index in [0.717, 1.165) is 33.6 Å². The molecule has 0 saturated carbocycles. The summed E-state index contributed by atoms with van der Waals surface area (Å²) in [5.41, 5.74) is 7.41. The van der Waals surface area contributed by atoms with Crippen LogP contribution in [0.1, 0.15) is 6.42 Å². The maximum Gasteiger partial charge on any atom is 0.175 e. The summed E-state index contributed by atoms with van der Waals surface area (Å²) >= 11 is 3.50. The van der Waals surface area contributed by atoms with E-state index >= 15 is 0 Å². The molecule has 1 aromatic carbocycles. The highest BCUT2D eigenvalue weighted by atomic mass is 79.9. The normalized spacial score (nSPS) is 14.3. The van der Waals surface area contributed by atoms with Gasteiger partial charge < -0.3 is 15.2 Å². The Hall–Kier alpha value is -1.69. The van der Waals surface area contributed by atoms with Crippen LogP contribution in [0.15, 0.2) is 22.7 Å². The Kier molecular flexibility index (Phi) is 2.87. The molecule has 3 rings (SSSR count). The van der Waals surface area contributed by atoms with Crippen LogP contribution < -0.4 is 15.2 Å². The molecule has 5 nitrogen and oxygen atoms in total. The quantitative estimate of drug-likeness (QED) is 0.849. The number of aromatic amines is 1. The average Bonchev–Trinajstić information content (AvgIpc) is 2.63. The van der Waals surface area contributed by atoms with E-state index in [-0.39, 0.29) is 0 Å². The summed E-state index contributed by atoms with van der Waals surface area (Å²) in [6, 6.07) is 5.67. The second-order valence-corrected chi connectivity index (χ2v) is 4.90. The first-order valence-corrected chi connectivity index (χ1v) is 6.44. The predicted molar refractivity (Wildman–Crippen MR) is 71.7 cm³/mol. The molecule has 1 aromatic heterocycles. The zero-order chi connectivity index (χ0) is 12.5. The molecule has 0 spiro atoms. The van der Waals surface area contributed by atoms with Gasteiger partial charge in [-0.25, -0.2) is 0 Å². The fourth-order valence-corrected chi connectivity index (χ4v) is 2.43. The number of hydrogen-bond acceptors (Lipinski definition) is 4. The Balaban J connectivity index is 2.07. The van der Waals surface area contributed by atoms with Gasteiger partial charge in [0.1, 0.15) is 5.82 Å². The summed E-state index contributed by atoms with van der Waals surface area (Å²) in [4.78, 5) is 0. The van der Waals surface area contributed by atoms with Gasteiger partial charge in [0.15, 0.2) is 11.5 Å². The lowest BCUT2D eigenvalue weighted by atomic mass is 10.1. The molecule has 94 valence electrons. The summed E-state index contributed by atoms with van der Waals surface area (Å²) in [6.07, 6.45) is 0.882. The van der Waals surface area contributed by atoms with Gasteiger partial charge >= 0.3 is 0 Å². The molecule has 6 heteroatoms. The molecule has 0 saturated heterocycles. The molecule has 3 N–H and O–H groups in total. The van der Waals surface area contributed by atoms with Gasteiger partial charge in [-0.3, -0.25) is 5.10 Å². The predicted octanol–water partition coefficient (Wildman–Crippen LogP) is 2.58. The average molecular weight is 310 g/mol. The lowest BCUT2D eigenvalue weighted by Gasteiger charge is -2.10. The van der Waals surface area contributed by atoms with Gasteiger partial charge in [0.05, 0.1) is 23.4 Å². The number of ether oxygens (including phenoxy) is 2. The number of anilines is 1. The first kappa shape index (κ1) is 11.4. The molecule has 2 aromatic rings. The fourth-order valence-electron chi connectivity index (χ4n) is 1.87. The molecule has 0 atom stereocenters. The minimum atomic E-state index is 0.466. The van der Waals surface area contributed by atoms with E-state index in [2.05, 4.69) is 26.1 Å². The van der Waals surface area contributed by atoms with Crippen molar-refractivity contribution in [1.29, 1.82) is 0 Å². The molecule has 0 unspecified atom stereocenters.